The van der Waals surface area contributed by atoms with Gasteiger partial charge in [0, 0.05) is 11.3 Å². The van der Waals surface area contributed by atoms with Crippen molar-refractivity contribution in [3.8, 4) is 0 Å². The van der Waals surface area contributed by atoms with E-state index in [1.54, 1.807) is 24.3 Å². The van der Waals surface area contributed by atoms with Crippen LogP contribution in [0, 0.1) is 25.7 Å². The van der Waals surface area contributed by atoms with Gasteiger partial charge in [0.1, 0.15) is 0 Å². The highest BCUT2D eigenvalue weighted by atomic mass is 16.2. The van der Waals surface area contributed by atoms with Crippen molar-refractivity contribution in [1.82, 2.24) is 0 Å². The first-order valence-corrected chi connectivity index (χ1v) is 9.88. The van der Waals surface area contributed by atoms with Gasteiger partial charge in [-0.15, -0.1) is 0 Å². The molecular formula is C24H24N2O3. The van der Waals surface area contributed by atoms with Gasteiger partial charge in [-0.2, -0.15) is 0 Å². The van der Waals surface area contributed by atoms with E-state index in [2.05, 4.69) is 11.4 Å². The van der Waals surface area contributed by atoms with Gasteiger partial charge in [-0.25, -0.2) is 0 Å². The van der Waals surface area contributed by atoms with Crippen molar-refractivity contribution in [2.75, 3.05) is 10.2 Å². The van der Waals surface area contributed by atoms with Gasteiger partial charge in [0.05, 0.1) is 17.5 Å². The minimum atomic E-state index is -0.266. The van der Waals surface area contributed by atoms with Crippen LogP contribution < -0.4 is 10.2 Å². The van der Waals surface area contributed by atoms with Crippen LogP contribution in [-0.2, 0) is 9.59 Å². The van der Waals surface area contributed by atoms with Gasteiger partial charge < -0.3 is 5.32 Å². The molecule has 1 saturated heterocycles. The van der Waals surface area contributed by atoms with E-state index in [-0.39, 0.29) is 29.6 Å². The third-order valence-electron chi connectivity index (χ3n) is 5.93. The Hall–Kier alpha value is -3.21. The van der Waals surface area contributed by atoms with E-state index < -0.39 is 0 Å². The molecule has 4 rings (SSSR count). The third-order valence-corrected chi connectivity index (χ3v) is 5.93. The van der Waals surface area contributed by atoms with E-state index >= 15 is 0 Å². The Labute approximate surface area is 170 Å². The molecule has 1 N–H and O–H groups in total. The molecule has 2 aromatic carbocycles. The molecular weight excluding hydrogens is 364 g/mol. The number of nitrogens with one attached hydrogen (secondary N) is 1. The number of carbonyl (C=O) groups excluding carboxylic acids is 3. The number of nitrogens with zero attached hydrogens (tertiary/aromatic N) is 1. The lowest BCUT2D eigenvalue weighted by atomic mass is 9.82. The Morgan fingerprint density at radius 1 is 0.931 bits per heavy atom. The molecule has 1 aliphatic carbocycles. The summed E-state index contributed by atoms with van der Waals surface area (Å²) in [6, 6.07) is 12.5. The number of rotatable bonds is 3. The van der Waals surface area contributed by atoms with Gasteiger partial charge >= 0.3 is 0 Å². The summed E-state index contributed by atoms with van der Waals surface area (Å²) in [6.45, 7) is 5.90. The zero-order chi connectivity index (χ0) is 20.7. The minimum Gasteiger partial charge on any atom is -0.322 e. The maximum absolute atomic E-state index is 12.8. The summed E-state index contributed by atoms with van der Waals surface area (Å²) in [7, 11) is 0. The molecule has 1 aliphatic heterocycles. The Morgan fingerprint density at radius 2 is 1.55 bits per heavy atom. The molecule has 148 valence electrons. The van der Waals surface area contributed by atoms with Crippen molar-refractivity contribution in [2.45, 2.75) is 33.6 Å². The van der Waals surface area contributed by atoms with Crippen LogP contribution in [-0.4, -0.2) is 17.7 Å². The van der Waals surface area contributed by atoms with Crippen molar-refractivity contribution < 1.29 is 14.4 Å². The lowest BCUT2D eigenvalue weighted by Gasteiger charge is -2.18. The number of aryl methyl sites for hydroxylation is 2. The SMILES string of the molecule is CC1=CCC2C(=O)N(c3ccc(C(=O)Nc4c(C)cccc4C)cc3)C(=O)C2C1. The molecule has 0 radical (unpaired) electrons. The fraction of sp³-hybridized carbons (Fsp3) is 0.292. The number of hydrogen-bond donors (Lipinski definition) is 1. The maximum Gasteiger partial charge on any atom is 0.255 e. The average molecular weight is 388 g/mol. The molecule has 5 heteroatoms. The van der Waals surface area contributed by atoms with Crippen LogP contribution in [0.3, 0.4) is 0 Å². The number of hydrogen-bond acceptors (Lipinski definition) is 3. The second-order valence-electron chi connectivity index (χ2n) is 7.98. The van der Waals surface area contributed by atoms with Gasteiger partial charge in [-0.05, 0) is 69.0 Å². The Kier molecular flexibility index (Phi) is 4.82. The molecule has 2 aliphatic rings. The van der Waals surface area contributed by atoms with Crippen LogP contribution in [0.15, 0.2) is 54.1 Å². The quantitative estimate of drug-likeness (QED) is 0.626. The summed E-state index contributed by atoms with van der Waals surface area (Å²) in [5.74, 6) is -1.03. The minimum absolute atomic E-state index is 0.139. The number of fused-ring (bicyclic) bond motifs is 1. The number of anilines is 2. The number of allylic oxidation sites excluding steroid dienone is 2. The van der Waals surface area contributed by atoms with Crippen LogP contribution in [0.2, 0.25) is 0 Å². The van der Waals surface area contributed by atoms with Crippen LogP contribution in [0.5, 0.6) is 0 Å². The molecule has 2 unspecified atom stereocenters. The fourth-order valence-electron chi connectivity index (χ4n) is 4.25. The van der Waals surface area contributed by atoms with Crippen molar-refractivity contribution in [1.29, 1.82) is 0 Å². The molecule has 0 spiro atoms. The number of benzene rings is 2. The average Bonchev–Trinajstić information content (AvgIpc) is 2.94. The predicted octanol–water partition coefficient (Wildman–Crippen LogP) is 4.40. The smallest absolute Gasteiger partial charge is 0.255 e. The van der Waals surface area contributed by atoms with E-state index in [0.717, 1.165) is 22.4 Å². The van der Waals surface area contributed by atoms with E-state index in [9.17, 15) is 14.4 Å². The topological polar surface area (TPSA) is 66.5 Å². The number of para-hydroxylation sites is 1. The van der Waals surface area contributed by atoms with Crippen molar-refractivity contribution in [3.63, 3.8) is 0 Å². The number of amides is 3. The van der Waals surface area contributed by atoms with Crippen LogP contribution in [0.4, 0.5) is 11.4 Å². The summed E-state index contributed by atoms with van der Waals surface area (Å²) in [4.78, 5) is 39.6. The summed E-state index contributed by atoms with van der Waals surface area (Å²) < 4.78 is 0. The first kappa shape index (κ1) is 19.1. The highest BCUT2D eigenvalue weighted by molar-refractivity contribution is 6.22. The fourth-order valence-corrected chi connectivity index (χ4v) is 4.25. The number of imide groups is 1. The summed E-state index contributed by atoms with van der Waals surface area (Å²) in [5, 5.41) is 2.95. The normalized spacial score (nSPS) is 21.1. The van der Waals surface area contributed by atoms with Crippen LogP contribution in [0.25, 0.3) is 0 Å². The summed E-state index contributed by atoms with van der Waals surface area (Å²) in [5.41, 5.74) is 4.96. The standard InChI is InChI=1S/C24H24N2O3/c1-14-7-12-19-20(13-14)24(29)26(23(19)28)18-10-8-17(9-11-18)22(27)25-21-15(2)5-4-6-16(21)3/h4-11,19-20H,12-13H2,1-3H3,(H,25,27). The first-order chi connectivity index (χ1) is 13.9. The predicted molar refractivity (Wildman–Crippen MR) is 113 cm³/mol. The van der Waals surface area contributed by atoms with Crippen molar-refractivity contribution in [2.24, 2.45) is 11.8 Å². The van der Waals surface area contributed by atoms with Gasteiger partial charge in [-0.3, -0.25) is 19.3 Å². The lowest BCUT2D eigenvalue weighted by molar-refractivity contribution is -0.122. The molecule has 2 aromatic rings. The van der Waals surface area contributed by atoms with E-state index in [1.165, 1.54) is 4.90 Å². The molecule has 0 bridgehead atoms. The highest BCUT2D eigenvalue weighted by Gasteiger charge is 2.48. The molecule has 1 heterocycles. The van der Waals surface area contributed by atoms with Crippen LogP contribution >= 0.6 is 0 Å². The Balaban J connectivity index is 1.53. The summed E-state index contributed by atoms with van der Waals surface area (Å²) in [6.07, 6.45) is 3.31. The molecule has 0 aromatic heterocycles. The third kappa shape index (κ3) is 3.37. The Morgan fingerprint density at radius 3 is 2.21 bits per heavy atom. The zero-order valence-electron chi connectivity index (χ0n) is 16.9. The van der Waals surface area contributed by atoms with Crippen molar-refractivity contribution in [3.05, 3.63) is 70.8 Å². The highest BCUT2D eigenvalue weighted by Crippen LogP contribution is 2.39. The van der Waals surface area contributed by atoms with E-state index in [0.29, 0.717) is 24.1 Å². The second-order valence-corrected chi connectivity index (χ2v) is 7.98. The van der Waals surface area contributed by atoms with Gasteiger partial charge in [-0.1, -0.05) is 29.8 Å². The molecule has 29 heavy (non-hydrogen) atoms. The summed E-state index contributed by atoms with van der Waals surface area (Å²) >= 11 is 0. The first-order valence-electron chi connectivity index (χ1n) is 9.88. The van der Waals surface area contributed by atoms with Crippen molar-refractivity contribution >= 4 is 29.1 Å². The second kappa shape index (κ2) is 7.32. The van der Waals surface area contributed by atoms with E-state index in [1.807, 2.05) is 39.0 Å². The Bertz CT molecular complexity index is 1020. The molecule has 3 amide bonds. The maximum atomic E-state index is 12.8. The molecule has 0 saturated carbocycles. The monoisotopic (exact) mass is 388 g/mol. The zero-order valence-corrected chi connectivity index (χ0v) is 16.9. The van der Waals surface area contributed by atoms with Gasteiger partial charge in [0.15, 0.2) is 0 Å². The molecule has 1 fully saturated rings. The van der Waals surface area contributed by atoms with Gasteiger partial charge in [0.2, 0.25) is 11.8 Å². The molecule has 2 atom stereocenters. The lowest BCUT2D eigenvalue weighted by Crippen LogP contribution is -2.30. The van der Waals surface area contributed by atoms with Crippen LogP contribution in [0.1, 0.15) is 41.3 Å². The largest absolute Gasteiger partial charge is 0.322 e. The molecule has 5 nitrogen and oxygen atoms in total. The van der Waals surface area contributed by atoms with Gasteiger partial charge in [0.25, 0.3) is 5.91 Å². The van der Waals surface area contributed by atoms with E-state index in [4.69, 9.17) is 0 Å². The number of carbonyl (C=O) groups is 3.